The fourth-order valence-electron chi connectivity index (χ4n) is 8.78. The fraction of sp³-hybridized carbons (Fsp3) is 0.880. The van der Waals surface area contributed by atoms with Crippen molar-refractivity contribution in [2.24, 2.45) is 46.3 Å². The Hall–Kier alpha value is -0.630. The SMILES string of the molecule is C[C@@H]1CC2CC(=O)CC[C@]2(C)[C@H]2CC[C@]3(C)C(C4CCCNC4)=CC[C@H]3[C@H]12. The monoisotopic (exact) mass is 369 g/mol. The molecule has 2 nitrogen and oxygen atoms in total. The van der Waals surface area contributed by atoms with Gasteiger partial charge in [-0.05, 0) is 97.8 Å². The predicted molar refractivity (Wildman–Crippen MR) is 110 cm³/mol. The molecular weight excluding hydrogens is 330 g/mol. The maximum absolute atomic E-state index is 12.2. The van der Waals surface area contributed by atoms with Gasteiger partial charge in [-0.2, -0.15) is 0 Å². The number of ketones is 1. The second-order valence-corrected chi connectivity index (χ2v) is 11.3. The predicted octanol–water partition coefficient (Wildman–Crippen LogP) is 5.38. The lowest BCUT2D eigenvalue weighted by Crippen LogP contribution is -2.56. The average Bonchev–Trinajstić information content (AvgIpc) is 3.01. The smallest absolute Gasteiger partial charge is 0.133 e. The summed E-state index contributed by atoms with van der Waals surface area (Å²) in [6, 6.07) is 0. The van der Waals surface area contributed by atoms with Gasteiger partial charge in [0.2, 0.25) is 0 Å². The zero-order valence-electron chi connectivity index (χ0n) is 17.7. The first-order chi connectivity index (χ1) is 12.9. The Morgan fingerprint density at radius 2 is 2.00 bits per heavy atom. The third-order valence-corrected chi connectivity index (χ3v) is 10.2. The number of nitrogens with one attached hydrogen (secondary N) is 1. The largest absolute Gasteiger partial charge is 0.316 e. The number of hydrogen-bond donors (Lipinski definition) is 1. The van der Waals surface area contributed by atoms with Crippen molar-refractivity contribution < 1.29 is 4.79 Å². The van der Waals surface area contributed by atoms with Crippen molar-refractivity contribution in [1.29, 1.82) is 0 Å². The molecule has 5 rings (SSSR count). The molecule has 0 radical (unpaired) electrons. The lowest BCUT2D eigenvalue weighted by Gasteiger charge is -2.62. The minimum absolute atomic E-state index is 0.432. The molecule has 150 valence electrons. The molecule has 4 fully saturated rings. The zero-order valence-corrected chi connectivity index (χ0v) is 17.7. The van der Waals surface area contributed by atoms with Crippen molar-refractivity contribution in [3.05, 3.63) is 11.6 Å². The topological polar surface area (TPSA) is 29.1 Å². The molecule has 27 heavy (non-hydrogen) atoms. The van der Waals surface area contributed by atoms with E-state index in [0.717, 1.165) is 42.4 Å². The van der Waals surface area contributed by atoms with Gasteiger partial charge in [-0.15, -0.1) is 0 Å². The lowest BCUT2D eigenvalue weighted by atomic mass is 9.42. The molecule has 4 aliphatic carbocycles. The lowest BCUT2D eigenvalue weighted by molar-refractivity contribution is -0.145. The highest BCUT2D eigenvalue weighted by Crippen LogP contribution is 2.68. The number of carbonyl (C=O) groups excluding carboxylic acids is 1. The number of rotatable bonds is 1. The van der Waals surface area contributed by atoms with Crippen LogP contribution in [0.5, 0.6) is 0 Å². The van der Waals surface area contributed by atoms with Crippen LogP contribution >= 0.6 is 0 Å². The molecule has 0 aromatic carbocycles. The van der Waals surface area contributed by atoms with E-state index in [2.05, 4.69) is 32.2 Å². The maximum Gasteiger partial charge on any atom is 0.133 e. The number of hydrogen-bond acceptors (Lipinski definition) is 2. The van der Waals surface area contributed by atoms with Crippen LogP contribution in [0.1, 0.15) is 78.6 Å². The molecule has 0 aromatic heterocycles. The Balaban J connectivity index is 1.43. The summed E-state index contributed by atoms with van der Waals surface area (Å²) in [4.78, 5) is 12.2. The molecule has 0 aromatic rings. The molecule has 1 saturated heterocycles. The second kappa shape index (κ2) is 6.44. The molecule has 1 N–H and O–H groups in total. The molecule has 0 bridgehead atoms. The summed E-state index contributed by atoms with van der Waals surface area (Å²) in [5, 5.41) is 3.66. The van der Waals surface area contributed by atoms with Crippen LogP contribution < -0.4 is 5.32 Å². The molecular formula is C25H39NO. The van der Waals surface area contributed by atoms with E-state index in [1.807, 2.05) is 5.57 Å². The van der Waals surface area contributed by atoms with Crippen LogP contribution in [-0.4, -0.2) is 18.9 Å². The molecule has 5 aliphatic rings. The van der Waals surface area contributed by atoms with E-state index >= 15 is 0 Å². The molecule has 1 aliphatic heterocycles. The number of carbonyl (C=O) groups is 1. The van der Waals surface area contributed by atoms with E-state index in [0.29, 0.717) is 22.5 Å². The van der Waals surface area contributed by atoms with E-state index in [1.54, 1.807) is 0 Å². The van der Waals surface area contributed by atoms with E-state index in [9.17, 15) is 4.79 Å². The van der Waals surface area contributed by atoms with Gasteiger partial charge in [-0.3, -0.25) is 4.79 Å². The van der Waals surface area contributed by atoms with E-state index < -0.39 is 0 Å². The molecule has 3 saturated carbocycles. The molecule has 8 atom stereocenters. The molecule has 2 heteroatoms. The molecule has 0 amide bonds. The quantitative estimate of drug-likeness (QED) is 0.629. The van der Waals surface area contributed by atoms with Crippen LogP contribution in [0.2, 0.25) is 0 Å². The summed E-state index contributed by atoms with van der Waals surface area (Å²) in [5.41, 5.74) is 2.71. The number of fused-ring (bicyclic) bond motifs is 5. The van der Waals surface area contributed by atoms with Gasteiger partial charge in [0.15, 0.2) is 0 Å². The molecule has 2 unspecified atom stereocenters. The summed E-state index contributed by atoms with van der Waals surface area (Å²) in [7, 11) is 0. The van der Waals surface area contributed by atoms with Gasteiger partial charge in [0.05, 0.1) is 0 Å². The van der Waals surface area contributed by atoms with Gasteiger partial charge >= 0.3 is 0 Å². The standard InChI is InChI=1S/C25H39NO/c1-16-13-18-14-19(27)8-10-24(18,2)22-9-11-25(3)20(6-7-21(25)23(16)22)17-5-4-12-26-15-17/h6,16-18,21-23,26H,4-5,7-15H2,1-3H3/t16-,17?,18?,21+,22+,23+,24+,25-/m1/s1. The highest BCUT2D eigenvalue weighted by atomic mass is 16.1. The van der Waals surface area contributed by atoms with Gasteiger partial charge in [-0.1, -0.05) is 32.4 Å². The van der Waals surface area contributed by atoms with Crippen molar-refractivity contribution in [1.82, 2.24) is 5.32 Å². The number of Topliss-reactive ketones (excluding diaryl/α,β-unsaturated/α-hetero) is 1. The van der Waals surface area contributed by atoms with E-state index in [1.165, 1.54) is 58.0 Å². The fourth-order valence-corrected chi connectivity index (χ4v) is 8.78. The summed E-state index contributed by atoms with van der Waals surface area (Å²) >= 11 is 0. The van der Waals surface area contributed by atoms with Crippen molar-refractivity contribution in [3.8, 4) is 0 Å². The molecule has 1 heterocycles. The van der Waals surface area contributed by atoms with Gasteiger partial charge in [0, 0.05) is 19.4 Å². The Morgan fingerprint density at radius 1 is 1.15 bits per heavy atom. The first-order valence-electron chi connectivity index (χ1n) is 11.9. The summed E-state index contributed by atoms with van der Waals surface area (Å²) in [6.07, 6.45) is 13.8. The normalized spacial score (nSPS) is 52.6. The Kier molecular flexibility index (Phi) is 4.39. The number of piperidine rings is 1. The van der Waals surface area contributed by atoms with Crippen LogP contribution in [0.3, 0.4) is 0 Å². The minimum atomic E-state index is 0.432. The number of allylic oxidation sites excluding steroid dienone is 1. The summed E-state index contributed by atoms with van der Waals surface area (Å²) < 4.78 is 0. The Morgan fingerprint density at radius 3 is 2.78 bits per heavy atom. The molecule has 0 spiro atoms. The van der Waals surface area contributed by atoms with Gasteiger partial charge in [-0.25, -0.2) is 0 Å². The van der Waals surface area contributed by atoms with Crippen molar-refractivity contribution in [2.45, 2.75) is 78.6 Å². The Labute approximate surface area is 165 Å². The minimum Gasteiger partial charge on any atom is -0.316 e. The first-order valence-corrected chi connectivity index (χ1v) is 11.9. The van der Waals surface area contributed by atoms with Crippen molar-refractivity contribution in [3.63, 3.8) is 0 Å². The summed E-state index contributed by atoms with van der Waals surface area (Å²) in [6.45, 7) is 10.2. The third-order valence-electron chi connectivity index (χ3n) is 10.2. The van der Waals surface area contributed by atoms with Crippen LogP contribution in [0.15, 0.2) is 11.6 Å². The van der Waals surface area contributed by atoms with Crippen LogP contribution in [-0.2, 0) is 4.79 Å². The van der Waals surface area contributed by atoms with Crippen LogP contribution in [0.25, 0.3) is 0 Å². The van der Waals surface area contributed by atoms with Crippen molar-refractivity contribution in [2.75, 3.05) is 13.1 Å². The van der Waals surface area contributed by atoms with Gasteiger partial charge in [0.1, 0.15) is 5.78 Å². The van der Waals surface area contributed by atoms with Crippen molar-refractivity contribution >= 4 is 5.78 Å². The third kappa shape index (κ3) is 2.65. The van der Waals surface area contributed by atoms with Crippen LogP contribution in [0, 0.1) is 46.3 Å². The Bertz CT molecular complexity index is 647. The zero-order chi connectivity index (χ0) is 18.8. The summed E-state index contributed by atoms with van der Waals surface area (Å²) in [5.74, 6) is 5.38. The second-order valence-electron chi connectivity index (χ2n) is 11.3. The van der Waals surface area contributed by atoms with E-state index in [-0.39, 0.29) is 0 Å². The highest BCUT2D eigenvalue weighted by molar-refractivity contribution is 5.79. The van der Waals surface area contributed by atoms with Gasteiger partial charge in [0.25, 0.3) is 0 Å². The van der Waals surface area contributed by atoms with E-state index in [4.69, 9.17) is 0 Å². The highest BCUT2D eigenvalue weighted by Gasteiger charge is 2.60. The maximum atomic E-state index is 12.2. The van der Waals surface area contributed by atoms with Gasteiger partial charge < -0.3 is 5.32 Å². The average molecular weight is 370 g/mol. The first kappa shape index (κ1) is 18.4. The van der Waals surface area contributed by atoms with Crippen LogP contribution in [0.4, 0.5) is 0 Å².